The van der Waals surface area contributed by atoms with E-state index in [4.69, 9.17) is 4.74 Å². The summed E-state index contributed by atoms with van der Waals surface area (Å²) in [5.41, 5.74) is 1.37. The lowest BCUT2D eigenvalue weighted by Gasteiger charge is -2.31. The Balaban J connectivity index is 1.41. The zero-order chi connectivity index (χ0) is 18.4. The molecule has 0 N–H and O–H groups in total. The van der Waals surface area contributed by atoms with Gasteiger partial charge in [0.25, 0.3) is 5.82 Å². The molecule has 3 rings (SSSR count). The highest BCUT2D eigenvalue weighted by atomic mass is 16.5. The second-order valence-electron chi connectivity index (χ2n) is 6.69. The van der Waals surface area contributed by atoms with Crippen LogP contribution in [0.4, 0.5) is 0 Å². The largest absolute Gasteiger partial charge is 0.497 e. The molecule has 1 aliphatic heterocycles. The highest BCUT2D eigenvalue weighted by molar-refractivity contribution is 5.84. The van der Waals surface area contributed by atoms with Gasteiger partial charge < -0.3 is 9.47 Å². The third-order valence-electron chi connectivity index (χ3n) is 4.96. The quantitative estimate of drug-likeness (QED) is 0.708. The number of hydrogen-bond acceptors (Lipinski definition) is 6. The summed E-state index contributed by atoms with van der Waals surface area (Å²) in [4.78, 5) is 17.7. The number of carbonyl (C=O) groups is 1. The molecular formula is C19H26N4O3. The summed E-state index contributed by atoms with van der Waals surface area (Å²) in [5, 5.41) is 4.16. The Morgan fingerprint density at radius 3 is 2.58 bits per heavy atom. The monoisotopic (exact) mass is 358 g/mol. The Morgan fingerprint density at radius 1 is 1.19 bits per heavy atom. The van der Waals surface area contributed by atoms with Crippen molar-refractivity contribution in [2.45, 2.75) is 32.4 Å². The molecule has 1 aliphatic rings. The minimum atomic E-state index is -0.499. The van der Waals surface area contributed by atoms with Gasteiger partial charge in [-0.2, -0.15) is 0 Å². The highest BCUT2D eigenvalue weighted by Gasteiger charge is 2.20. The van der Waals surface area contributed by atoms with Crippen molar-refractivity contribution in [1.29, 1.82) is 0 Å². The Labute approximate surface area is 153 Å². The van der Waals surface area contributed by atoms with Gasteiger partial charge in [0, 0.05) is 13.1 Å². The fourth-order valence-electron chi connectivity index (χ4n) is 3.33. The number of nitrogens with zero attached hydrogens (tertiary/aromatic N) is 4. The maximum atomic E-state index is 11.4. The number of esters is 1. The molecule has 0 bridgehead atoms. The third kappa shape index (κ3) is 4.82. The molecule has 0 atom stereocenters. The molecule has 7 heteroatoms. The Morgan fingerprint density at radius 2 is 1.92 bits per heavy atom. The minimum absolute atomic E-state index is 0.113. The van der Waals surface area contributed by atoms with Crippen molar-refractivity contribution in [3.63, 3.8) is 0 Å². The first kappa shape index (κ1) is 18.4. The first-order valence-electron chi connectivity index (χ1n) is 9.01. The normalized spacial score (nSPS) is 15.8. The lowest BCUT2D eigenvalue weighted by molar-refractivity contribution is 0.0585. The highest BCUT2D eigenvalue weighted by Crippen LogP contribution is 2.23. The molecule has 7 nitrogen and oxygen atoms in total. The van der Waals surface area contributed by atoms with Gasteiger partial charge in [-0.15, -0.1) is 5.10 Å². The summed E-state index contributed by atoms with van der Waals surface area (Å²) in [6.45, 7) is 2.75. The van der Waals surface area contributed by atoms with Crippen LogP contribution >= 0.6 is 0 Å². The molecule has 140 valence electrons. The van der Waals surface area contributed by atoms with Crippen LogP contribution in [0, 0.1) is 5.92 Å². The predicted octanol–water partition coefficient (Wildman–Crippen LogP) is 2.38. The van der Waals surface area contributed by atoms with Crippen LogP contribution in [0.25, 0.3) is 0 Å². The van der Waals surface area contributed by atoms with Gasteiger partial charge in [0.2, 0.25) is 0 Å². The summed E-state index contributed by atoms with van der Waals surface area (Å²) in [5.74, 6) is 1.28. The van der Waals surface area contributed by atoms with Gasteiger partial charge in [0.15, 0.2) is 0 Å². The summed E-state index contributed by atoms with van der Waals surface area (Å²) in [6, 6.07) is 8.35. The zero-order valence-corrected chi connectivity index (χ0v) is 15.4. The number of methoxy groups -OCH3 is 2. The van der Waals surface area contributed by atoms with E-state index in [1.54, 1.807) is 18.1 Å². The molecule has 1 saturated heterocycles. The van der Waals surface area contributed by atoms with Gasteiger partial charge in [0.1, 0.15) is 12.1 Å². The molecule has 1 fully saturated rings. The van der Waals surface area contributed by atoms with Crippen molar-refractivity contribution in [2.75, 3.05) is 27.3 Å². The van der Waals surface area contributed by atoms with Crippen molar-refractivity contribution in [1.82, 2.24) is 19.7 Å². The van der Waals surface area contributed by atoms with Crippen LogP contribution in [0.2, 0.25) is 0 Å². The average Bonchev–Trinajstić information content (AvgIpc) is 3.15. The third-order valence-corrected chi connectivity index (χ3v) is 4.96. The number of aryl methyl sites for hydroxylation is 1. The first-order valence-corrected chi connectivity index (χ1v) is 9.01. The Bertz CT molecular complexity index is 706. The van der Waals surface area contributed by atoms with Crippen molar-refractivity contribution >= 4 is 5.97 Å². The van der Waals surface area contributed by atoms with Gasteiger partial charge in [0.05, 0.1) is 20.9 Å². The van der Waals surface area contributed by atoms with Crippen LogP contribution in [0.15, 0.2) is 30.6 Å². The molecule has 1 aromatic heterocycles. The van der Waals surface area contributed by atoms with Crippen LogP contribution in [-0.2, 0) is 17.8 Å². The number of likely N-dealkylation sites (tertiary alicyclic amines) is 1. The summed E-state index contributed by atoms with van der Waals surface area (Å²) < 4.78 is 11.5. The van der Waals surface area contributed by atoms with E-state index in [0.29, 0.717) is 6.67 Å². The van der Waals surface area contributed by atoms with E-state index < -0.39 is 5.97 Å². The summed E-state index contributed by atoms with van der Waals surface area (Å²) >= 11 is 0. The SMILES string of the molecule is COC(=O)c1ncn(CN2CCC(CCc3ccc(OC)cc3)CC2)n1. The minimum Gasteiger partial charge on any atom is -0.497 e. The number of piperidine rings is 1. The van der Waals surface area contributed by atoms with Gasteiger partial charge in [-0.1, -0.05) is 12.1 Å². The number of rotatable bonds is 7. The molecule has 2 heterocycles. The second kappa shape index (κ2) is 8.80. The van der Waals surface area contributed by atoms with Gasteiger partial charge in [-0.25, -0.2) is 14.5 Å². The van der Waals surface area contributed by atoms with Crippen molar-refractivity contribution in [3.05, 3.63) is 42.0 Å². The molecule has 2 aromatic rings. The predicted molar refractivity (Wildman–Crippen MR) is 97.0 cm³/mol. The number of aromatic nitrogens is 3. The molecule has 26 heavy (non-hydrogen) atoms. The maximum Gasteiger partial charge on any atom is 0.377 e. The number of benzene rings is 1. The molecule has 0 unspecified atom stereocenters. The van der Waals surface area contributed by atoms with Crippen molar-refractivity contribution in [2.24, 2.45) is 5.92 Å². The lowest BCUT2D eigenvalue weighted by Crippen LogP contribution is -2.35. The molecule has 1 aromatic carbocycles. The standard InChI is InChI=1S/C19H26N4O3/c1-25-17-7-5-15(6-8-17)3-4-16-9-11-22(12-10-16)14-23-13-20-18(21-23)19(24)26-2/h5-8,13,16H,3-4,9-12,14H2,1-2H3. The summed E-state index contributed by atoms with van der Waals surface area (Å²) in [6.07, 6.45) is 6.29. The van der Waals surface area contributed by atoms with Crippen LogP contribution in [-0.4, -0.2) is 52.9 Å². The van der Waals surface area contributed by atoms with E-state index in [-0.39, 0.29) is 5.82 Å². The topological polar surface area (TPSA) is 69.5 Å². The van der Waals surface area contributed by atoms with Gasteiger partial charge in [-0.3, -0.25) is 4.90 Å². The number of hydrogen-bond donors (Lipinski definition) is 0. The van der Waals surface area contributed by atoms with E-state index in [1.165, 1.54) is 31.9 Å². The number of ether oxygens (including phenoxy) is 2. The molecule has 0 aliphatic carbocycles. The maximum absolute atomic E-state index is 11.4. The second-order valence-corrected chi connectivity index (χ2v) is 6.69. The fraction of sp³-hybridized carbons (Fsp3) is 0.526. The first-order chi connectivity index (χ1) is 12.7. The molecule has 0 spiro atoms. The van der Waals surface area contributed by atoms with Crippen LogP contribution < -0.4 is 4.74 Å². The van der Waals surface area contributed by atoms with Crippen LogP contribution in [0.5, 0.6) is 5.75 Å². The zero-order valence-electron chi connectivity index (χ0n) is 15.4. The van der Waals surface area contributed by atoms with E-state index in [1.807, 2.05) is 12.1 Å². The molecule has 0 radical (unpaired) electrons. The van der Waals surface area contributed by atoms with Crippen molar-refractivity contribution in [3.8, 4) is 5.75 Å². The van der Waals surface area contributed by atoms with Crippen molar-refractivity contribution < 1.29 is 14.3 Å². The Hall–Kier alpha value is -2.41. The van der Waals surface area contributed by atoms with Gasteiger partial charge in [-0.05, 0) is 49.3 Å². The van der Waals surface area contributed by atoms with E-state index in [0.717, 1.165) is 31.2 Å². The Kier molecular flexibility index (Phi) is 6.22. The molecule has 0 amide bonds. The average molecular weight is 358 g/mol. The smallest absolute Gasteiger partial charge is 0.377 e. The van der Waals surface area contributed by atoms with Crippen LogP contribution in [0.1, 0.15) is 35.4 Å². The van der Waals surface area contributed by atoms with E-state index in [9.17, 15) is 4.79 Å². The lowest BCUT2D eigenvalue weighted by atomic mass is 9.91. The van der Waals surface area contributed by atoms with Crippen LogP contribution in [0.3, 0.4) is 0 Å². The molecule has 0 saturated carbocycles. The fourth-order valence-corrected chi connectivity index (χ4v) is 3.33. The van der Waals surface area contributed by atoms with Gasteiger partial charge >= 0.3 is 5.97 Å². The molecular weight excluding hydrogens is 332 g/mol. The van der Waals surface area contributed by atoms with E-state index >= 15 is 0 Å². The summed E-state index contributed by atoms with van der Waals surface area (Å²) in [7, 11) is 3.03. The number of carbonyl (C=O) groups excluding carboxylic acids is 1. The van der Waals surface area contributed by atoms with E-state index in [2.05, 4.69) is 31.9 Å².